The van der Waals surface area contributed by atoms with Crippen LogP contribution in [0.5, 0.6) is 0 Å². The number of benzene rings is 1. The highest BCUT2D eigenvalue weighted by Gasteiger charge is 2.35. The molecule has 1 aliphatic rings. The maximum absolute atomic E-state index is 12.4. The Kier molecular flexibility index (Phi) is 4.15. The van der Waals surface area contributed by atoms with Gasteiger partial charge in [0.1, 0.15) is 0 Å². The number of carbonyl (C=O) groups is 1. The molecule has 2 rings (SSSR count). The molecule has 1 heterocycles. The molecule has 0 amide bonds. The summed E-state index contributed by atoms with van der Waals surface area (Å²) in [5, 5.41) is 8.94. The van der Waals surface area contributed by atoms with Gasteiger partial charge in [0.2, 0.25) is 10.0 Å². The molecular weight excluding hydrogens is 278 g/mol. The second-order valence-corrected chi connectivity index (χ2v) is 7.35. The molecule has 1 unspecified atom stereocenters. The standard InChI is InChI=1S/C14H19NO4S/c1-10(2)11-3-5-13(6-4-11)20(18,19)15-8-7-12(9-15)14(16)17/h3-6,10,12H,7-9H2,1-2H3,(H,16,17). The highest BCUT2D eigenvalue weighted by molar-refractivity contribution is 7.89. The predicted molar refractivity (Wildman–Crippen MR) is 75.0 cm³/mol. The first-order valence-corrected chi connectivity index (χ1v) is 8.09. The third kappa shape index (κ3) is 2.86. The van der Waals surface area contributed by atoms with E-state index < -0.39 is 21.9 Å². The number of sulfonamides is 1. The molecule has 5 nitrogen and oxygen atoms in total. The minimum absolute atomic E-state index is 0.0591. The Hall–Kier alpha value is -1.40. The summed E-state index contributed by atoms with van der Waals surface area (Å²) in [5.41, 5.74) is 1.08. The third-order valence-corrected chi connectivity index (χ3v) is 5.56. The second-order valence-electron chi connectivity index (χ2n) is 5.41. The van der Waals surface area contributed by atoms with Gasteiger partial charge in [-0.1, -0.05) is 26.0 Å². The van der Waals surface area contributed by atoms with Gasteiger partial charge in [-0.2, -0.15) is 4.31 Å². The highest BCUT2D eigenvalue weighted by Crippen LogP contribution is 2.25. The zero-order valence-corrected chi connectivity index (χ0v) is 12.4. The van der Waals surface area contributed by atoms with E-state index in [0.717, 1.165) is 5.56 Å². The molecular formula is C14H19NO4S. The van der Waals surface area contributed by atoms with Gasteiger partial charge >= 0.3 is 5.97 Å². The van der Waals surface area contributed by atoms with Crippen LogP contribution >= 0.6 is 0 Å². The van der Waals surface area contributed by atoms with Crippen molar-refractivity contribution < 1.29 is 18.3 Å². The van der Waals surface area contributed by atoms with E-state index in [-0.39, 0.29) is 18.0 Å². The van der Waals surface area contributed by atoms with E-state index in [9.17, 15) is 13.2 Å². The first kappa shape index (κ1) is 15.0. The molecule has 0 saturated carbocycles. The van der Waals surface area contributed by atoms with Gasteiger partial charge < -0.3 is 5.11 Å². The van der Waals surface area contributed by atoms with Gasteiger partial charge in [0.05, 0.1) is 10.8 Å². The monoisotopic (exact) mass is 297 g/mol. The fraction of sp³-hybridized carbons (Fsp3) is 0.500. The van der Waals surface area contributed by atoms with Crippen LogP contribution in [0.1, 0.15) is 31.7 Å². The van der Waals surface area contributed by atoms with Crippen molar-refractivity contribution in [2.45, 2.75) is 31.1 Å². The molecule has 0 bridgehead atoms. The molecule has 1 aliphatic heterocycles. The first-order chi connectivity index (χ1) is 9.32. The Morgan fingerprint density at radius 1 is 1.30 bits per heavy atom. The Morgan fingerprint density at radius 3 is 2.35 bits per heavy atom. The van der Waals surface area contributed by atoms with E-state index in [4.69, 9.17) is 5.11 Å². The van der Waals surface area contributed by atoms with Gasteiger partial charge in [-0.05, 0) is 30.0 Å². The molecule has 1 atom stereocenters. The SMILES string of the molecule is CC(C)c1ccc(S(=O)(=O)N2CCC(C(=O)O)C2)cc1. The van der Waals surface area contributed by atoms with Crippen LogP contribution in [0.25, 0.3) is 0 Å². The van der Waals surface area contributed by atoms with Crippen molar-refractivity contribution in [1.29, 1.82) is 0 Å². The van der Waals surface area contributed by atoms with Crippen molar-refractivity contribution in [3.63, 3.8) is 0 Å². The minimum atomic E-state index is -3.58. The average Bonchev–Trinajstić information content (AvgIpc) is 2.89. The number of hydrogen-bond acceptors (Lipinski definition) is 3. The van der Waals surface area contributed by atoms with Crippen LogP contribution < -0.4 is 0 Å². The van der Waals surface area contributed by atoms with Crippen LogP contribution in [0.2, 0.25) is 0 Å². The third-order valence-electron chi connectivity index (χ3n) is 3.68. The molecule has 1 N–H and O–H groups in total. The molecule has 0 aliphatic carbocycles. The predicted octanol–water partition coefficient (Wildman–Crippen LogP) is 1.91. The fourth-order valence-electron chi connectivity index (χ4n) is 2.32. The number of hydrogen-bond donors (Lipinski definition) is 1. The summed E-state index contributed by atoms with van der Waals surface area (Å²) >= 11 is 0. The van der Waals surface area contributed by atoms with Gasteiger partial charge in [0, 0.05) is 13.1 Å². The van der Waals surface area contributed by atoms with Crippen LogP contribution in [-0.2, 0) is 14.8 Å². The molecule has 6 heteroatoms. The lowest BCUT2D eigenvalue weighted by Gasteiger charge is -2.16. The lowest BCUT2D eigenvalue weighted by atomic mass is 10.0. The number of carboxylic acid groups (broad SMARTS) is 1. The van der Waals surface area contributed by atoms with E-state index in [1.165, 1.54) is 4.31 Å². The number of nitrogens with zero attached hydrogens (tertiary/aromatic N) is 1. The van der Waals surface area contributed by atoms with Gasteiger partial charge in [-0.15, -0.1) is 0 Å². The van der Waals surface area contributed by atoms with Crippen LogP contribution in [-0.4, -0.2) is 36.9 Å². The van der Waals surface area contributed by atoms with Gasteiger partial charge in [0.15, 0.2) is 0 Å². The van der Waals surface area contributed by atoms with E-state index >= 15 is 0 Å². The van der Waals surface area contributed by atoms with Crippen molar-refractivity contribution in [3.05, 3.63) is 29.8 Å². The van der Waals surface area contributed by atoms with Crippen molar-refractivity contribution in [2.24, 2.45) is 5.92 Å². The van der Waals surface area contributed by atoms with Crippen LogP contribution in [0.4, 0.5) is 0 Å². The Morgan fingerprint density at radius 2 is 1.90 bits per heavy atom. The summed E-state index contributed by atoms with van der Waals surface area (Å²) in [6.07, 6.45) is 0.374. The van der Waals surface area contributed by atoms with Gasteiger partial charge in [-0.25, -0.2) is 8.42 Å². The molecule has 1 aromatic rings. The summed E-state index contributed by atoms with van der Waals surface area (Å²) < 4.78 is 26.1. The van der Waals surface area contributed by atoms with Crippen molar-refractivity contribution >= 4 is 16.0 Å². The summed E-state index contributed by atoms with van der Waals surface area (Å²) in [7, 11) is -3.58. The Bertz CT molecular complexity index is 592. The lowest BCUT2D eigenvalue weighted by molar-refractivity contribution is -0.141. The lowest BCUT2D eigenvalue weighted by Crippen LogP contribution is -2.30. The number of carboxylic acids is 1. The molecule has 1 saturated heterocycles. The topological polar surface area (TPSA) is 74.7 Å². The van der Waals surface area contributed by atoms with Crippen molar-refractivity contribution in [2.75, 3.05) is 13.1 Å². The quantitative estimate of drug-likeness (QED) is 0.921. The number of aliphatic carboxylic acids is 1. The second kappa shape index (κ2) is 5.54. The Balaban J connectivity index is 2.21. The largest absolute Gasteiger partial charge is 0.481 e. The molecule has 110 valence electrons. The molecule has 20 heavy (non-hydrogen) atoms. The van der Waals surface area contributed by atoms with Gasteiger partial charge in [-0.3, -0.25) is 4.79 Å². The summed E-state index contributed by atoms with van der Waals surface area (Å²) in [4.78, 5) is 11.1. The highest BCUT2D eigenvalue weighted by atomic mass is 32.2. The van der Waals surface area contributed by atoms with Crippen LogP contribution in [0.15, 0.2) is 29.2 Å². The van der Waals surface area contributed by atoms with Crippen molar-refractivity contribution in [3.8, 4) is 0 Å². The normalized spacial score (nSPS) is 20.4. The molecule has 0 aromatic heterocycles. The zero-order valence-electron chi connectivity index (χ0n) is 11.6. The van der Waals surface area contributed by atoms with Crippen LogP contribution in [0, 0.1) is 5.92 Å². The molecule has 0 radical (unpaired) electrons. The van der Waals surface area contributed by atoms with E-state index in [1.54, 1.807) is 12.1 Å². The fourth-order valence-corrected chi connectivity index (χ4v) is 3.82. The van der Waals surface area contributed by atoms with Gasteiger partial charge in [0.25, 0.3) is 0 Å². The Labute approximate surface area is 119 Å². The molecule has 1 fully saturated rings. The summed E-state index contributed by atoms with van der Waals surface area (Å²) in [6, 6.07) is 6.81. The first-order valence-electron chi connectivity index (χ1n) is 6.65. The smallest absolute Gasteiger partial charge is 0.307 e. The average molecular weight is 297 g/mol. The van der Waals surface area contributed by atoms with Crippen molar-refractivity contribution in [1.82, 2.24) is 4.31 Å². The molecule has 1 aromatic carbocycles. The van der Waals surface area contributed by atoms with E-state index in [1.807, 2.05) is 26.0 Å². The molecule has 0 spiro atoms. The summed E-state index contributed by atoms with van der Waals surface area (Å²) in [6.45, 7) is 4.41. The maximum atomic E-state index is 12.4. The maximum Gasteiger partial charge on any atom is 0.307 e. The zero-order chi connectivity index (χ0) is 14.9. The minimum Gasteiger partial charge on any atom is -0.481 e. The van der Waals surface area contributed by atoms with E-state index in [2.05, 4.69) is 0 Å². The number of rotatable bonds is 4. The van der Waals surface area contributed by atoms with E-state index in [0.29, 0.717) is 12.3 Å². The summed E-state index contributed by atoms with van der Waals surface area (Å²) in [5.74, 6) is -1.19. The van der Waals surface area contributed by atoms with Crippen LogP contribution in [0.3, 0.4) is 0 Å².